The molecule has 98 valence electrons. The minimum atomic E-state index is -0.512. The smallest absolute Gasteiger partial charge is 0.269 e. The number of ether oxygens (including phenoxy) is 1. The molecule has 1 aromatic rings. The first-order valence-corrected chi connectivity index (χ1v) is 5.45. The molecule has 0 atom stereocenters. The van der Waals surface area contributed by atoms with Crippen LogP contribution in [0.15, 0.2) is 24.3 Å². The van der Waals surface area contributed by atoms with Crippen LogP contribution in [0.3, 0.4) is 0 Å². The lowest BCUT2D eigenvalue weighted by atomic mass is 10.2. The summed E-state index contributed by atoms with van der Waals surface area (Å²) < 4.78 is 5.09. The van der Waals surface area contributed by atoms with E-state index in [0.717, 1.165) is 0 Å². The lowest BCUT2D eigenvalue weighted by molar-refractivity contribution is -0.384. The summed E-state index contributed by atoms with van der Waals surface area (Å²) in [7, 11) is 0. The van der Waals surface area contributed by atoms with Crippen LogP contribution < -0.4 is 11.1 Å². The Morgan fingerprint density at radius 1 is 1.33 bits per heavy atom. The summed E-state index contributed by atoms with van der Waals surface area (Å²) in [4.78, 5) is 21.5. The number of carbonyl (C=O) groups excluding carboxylic acids is 1. The highest BCUT2D eigenvalue weighted by Gasteiger charge is 2.08. The summed E-state index contributed by atoms with van der Waals surface area (Å²) in [5.74, 6) is -0.291. The zero-order chi connectivity index (χ0) is 13.4. The average Bonchev–Trinajstić information content (AvgIpc) is 2.38. The van der Waals surface area contributed by atoms with Crippen molar-refractivity contribution in [3.63, 3.8) is 0 Å². The van der Waals surface area contributed by atoms with Gasteiger partial charge in [0.15, 0.2) is 0 Å². The van der Waals surface area contributed by atoms with Crippen LogP contribution in [-0.2, 0) is 4.74 Å². The average molecular weight is 253 g/mol. The number of carbonyl (C=O) groups is 1. The first-order chi connectivity index (χ1) is 8.65. The van der Waals surface area contributed by atoms with Gasteiger partial charge in [-0.1, -0.05) is 0 Å². The molecule has 1 aromatic carbocycles. The molecule has 0 saturated heterocycles. The van der Waals surface area contributed by atoms with Crippen molar-refractivity contribution in [2.45, 2.75) is 0 Å². The van der Waals surface area contributed by atoms with Gasteiger partial charge in [0.25, 0.3) is 11.6 Å². The number of nitrogens with one attached hydrogen (secondary N) is 1. The van der Waals surface area contributed by atoms with E-state index in [1.165, 1.54) is 24.3 Å². The van der Waals surface area contributed by atoms with E-state index in [2.05, 4.69) is 5.32 Å². The molecule has 0 aromatic heterocycles. The number of nitrogens with zero attached hydrogens (tertiary/aromatic N) is 1. The number of amides is 1. The van der Waals surface area contributed by atoms with Gasteiger partial charge in [0.1, 0.15) is 0 Å². The highest BCUT2D eigenvalue weighted by molar-refractivity contribution is 5.94. The zero-order valence-electron chi connectivity index (χ0n) is 9.80. The van der Waals surface area contributed by atoms with Crippen molar-refractivity contribution < 1.29 is 14.5 Å². The molecule has 0 spiro atoms. The van der Waals surface area contributed by atoms with Gasteiger partial charge in [-0.25, -0.2) is 0 Å². The second-order valence-electron chi connectivity index (χ2n) is 3.46. The predicted molar refractivity (Wildman–Crippen MR) is 65.3 cm³/mol. The molecule has 7 nitrogen and oxygen atoms in total. The van der Waals surface area contributed by atoms with E-state index in [9.17, 15) is 14.9 Å². The van der Waals surface area contributed by atoms with E-state index in [1.807, 2.05) is 0 Å². The van der Waals surface area contributed by atoms with Gasteiger partial charge in [-0.3, -0.25) is 14.9 Å². The number of hydrogen-bond acceptors (Lipinski definition) is 5. The fourth-order valence-electron chi connectivity index (χ4n) is 1.26. The van der Waals surface area contributed by atoms with Crippen molar-refractivity contribution in [2.24, 2.45) is 5.73 Å². The monoisotopic (exact) mass is 253 g/mol. The van der Waals surface area contributed by atoms with Crippen LogP contribution in [0.1, 0.15) is 10.4 Å². The number of benzene rings is 1. The van der Waals surface area contributed by atoms with Crippen molar-refractivity contribution in [2.75, 3.05) is 26.3 Å². The van der Waals surface area contributed by atoms with E-state index in [0.29, 0.717) is 31.9 Å². The van der Waals surface area contributed by atoms with Crippen molar-refractivity contribution in [1.82, 2.24) is 5.32 Å². The van der Waals surface area contributed by atoms with Crippen molar-refractivity contribution in [3.05, 3.63) is 39.9 Å². The van der Waals surface area contributed by atoms with E-state index in [-0.39, 0.29) is 11.6 Å². The summed E-state index contributed by atoms with van der Waals surface area (Å²) in [6.45, 7) is 1.65. The molecular formula is C11H15N3O4. The largest absolute Gasteiger partial charge is 0.378 e. The van der Waals surface area contributed by atoms with Crippen LogP contribution in [0, 0.1) is 10.1 Å². The van der Waals surface area contributed by atoms with Gasteiger partial charge in [-0.15, -0.1) is 0 Å². The lowest BCUT2D eigenvalue weighted by Gasteiger charge is -2.05. The number of rotatable bonds is 7. The van der Waals surface area contributed by atoms with Crippen LogP contribution in [0.5, 0.6) is 0 Å². The SMILES string of the molecule is NCCOCCNC(=O)c1ccc([N+](=O)[O-])cc1. The van der Waals surface area contributed by atoms with Gasteiger partial charge < -0.3 is 15.8 Å². The van der Waals surface area contributed by atoms with E-state index >= 15 is 0 Å². The van der Waals surface area contributed by atoms with Crippen molar-refractivity contribution in [1.29, 1.82) is 0 Å². The third-order valence-electron chi connectivity index (χ3n) is 2.13. The summed E-state index contributed by atoms with van der Waals surface area (Å²) in [5.41, 5.74) is 5.56. The Hall–Kier alpha value is -1.99. The van der Waals surface area contributed by atoms with Crippen molar-refractivity contribution in [3.8, 4) is 0 Å². The molecule has 0 radical (unpaired) electrons. The first-order valence-electron chi connectivity index (χ1n) is 5.45. The molecule has 1 rings (SSSR count). The first kappa shape index (κ1) is 14.1. The maximum absolute atomic E-state index is 11.6. The van der Waals surface area contributed by atoms with Gasteiger partial charge in [0.2, 0.25) is 0 Å². The van der Waals surface area contributed by atoms with Crippen LogP contribution >= 0.6 is 0 Å². The molecule has 0 aliphatic rings. The minimum absolute atomic E-state index is 0.0437. The standard InChI is InChI=1S/C11H15N3O4/c12-5-7-18-8-6-13-11(15)9-1-3-10(4-2-9)14(16)17/h1-4H,5-8,12H2,(H,13,15). The minimum Gasteiger partial charge on any atom is -0.378 e. The van der Waals surface area contributed by atoms with Gasteiger partial charge in [-0.2, -0.15) is 0 Å². The quantitative estimate of drug-likeness (QED) is 0.413. The molecule has 0 fully saturated rings. The summed E-state index contributed by atoms with van der Waals surface area (Å²) in [6, 6.07) is 5.40. The molecular weight excluding hydrogens is 238 g/mol. The second-order valence-corrected chi connectivity index (χ2v) is 3.46. The van der Waals surface area contributed by atoms with Gasteiger partial charge in [0.05, 0.1) is 18.1 Å². The molecule has 0 saturated carbocycles. The third kappa shape index (κ3) is 4.48. The van der Waals surface area contributed by atoms with Gasteiger partial charge in [-0.05, 0) is 12.1 Å². The molecule has 0 unspecified atom stereocenters. The summed E-state index contributed by atoms with van der Waals surface area (Å²) in [6.07, 6.45) is 0. The van der Waals surface area contributed by atoms with E-state index < -0.39 is 4.92 Å². The maximum Gasteiger partial charge on any atom is 0.269 e. The Morgan fingerprint density at radius 3 is 2.56 bits per heavy atom. The highest BCUT2D eigenvalue weighted by atomic mass is 16.6. The number of nitro groups is 1. The Kier molecular flexibility index (Phi) is 5.75. The van der Waals surface area contributed by atoms with E-state index in [4.69, 9.17) is 10.5 Å². The van der Waals surface area contributed by atoms with E-state index in [1.54, 1.807) is 0 Å². The Bertz CT molecular complexity index is 405. The summed E-state index contributed by atoms with van der Waals surface area (Å²) >= 11 is 0. The third-order valence-corrected chi connectivity index (χ3v) is 2.13. The number of nitrogens with two attached hydrogens (primary N) is 1. The topological polar surface area (TPSA) is 107 Å². The van der Waals surface area contributed by atoms with Crippen LogP contribution in [0.2, 0.25) is 0 Å². The predicted octanol–water partition coefficient (Wildman–Crippen LogP) is 0.300. The Balaban J connectivity index is 2.39. The number of nitro benzene ring substituents is 1. The van der Waals surface area contributed by atoms with Gasteiger partial charge in [0, 0.05) is 30.8 Å². The molecule has 0 heterocycles. The molecule has 0 aliphatic carbocycles. The number of non-ortho nitro benzene ring substituents is 1. The van der Waals surface area contributed by atoms with Crippen LogP contribution in [0.4, 0.5) is 5.69 Å². The molecule has 0 bridgehead atoms. The van der Waals surface area contributed by atoms with Crippen LogP contribution in [-0.4, -0.2) is 37.1 Å². The molecule has 0 aliphatic heterocycles. The second kappa shape index (κ2) is 7.36. The Morgan fingerprint density at radius 2 is 2.00 bits per heavy atom. The van der Waals surface area contributed by atoms with Gasteiger partial charge >= 0.3 is 0 Å². The summed E-state index contributed by atoms with van der Waals surface area (Å²) in [5, 5.41) is 13.1. The molecule has 3 N–H and O–H groups in total. The Labute approximate surface area is 104 Å². The van der Waals surface area contributed by atoms with Crippen molar-refractivity contribution >= 4 is 11.6 Å². The molecule has 1 amide bonds. The molecule has 7 heteroatoms. The molecule has 18 heavy (non-hydrogen) atoms. The fourth-order valence-corrected chi connectivity index (χ4v) is 1.26. The lowest BCUT2D eigenvalue weighted by Crippen LogP contribution is -2.27. The fraction of sp³-hybridized carbons (Fsp3) is 0.364. The maximum atomic E-state index is 11.6. The zero-order valence-corrected chi connectivity index (χ0v) is 9.80. The highest BCUT2D eigenvalue weighted by Crippen LogP contribution is 2.11. The van der Waals surface area contributed by atoms with Crippen LogP contribution in [0.25, 0.3) is 0 Å². The number of hydrogen-bond donors (Lipinski definition) is 2. The normalized spacial score (nSPS) is 10.1.